The largest absolute Gasteiger partial charge is 0.309 e. The summed E-state index contributed by atoms with van der Waals surface area (Å²) >= 11 is 1.71. The molecule has 0 aliphatic heterocycles. The number of fused-ring (bicyclic) bond motifs is 2. The van der Waals surface area contributed by atoms with E-state index in [-0.39, 0.29) is 5.41 Å². The van der Waals surface area contributed by atoms with E-state index >= 15 is 0 Å². The summed E-state index contributed by atoms with van der Waals surface area (Å²) in [6, 6.07) is 0. The van der Waals surface area contributed by atoms with Crippen molar-refractivity contribution in [2.24, 2.45) is 5.92 Å². The SMILES string of the molecule is N=C1CC2(c3nccs3)C=CC1C2. The summed E-state index contributed by atoms with van der Waals surface area (Å²) in [5.74, 6) is 0.406. The lowest BCUT2D eigenvalue weighted by Gasteiger charge is -2.19. The number of thiazole rings is 1. The Labute approximate surface area is 80.8 Å². The van der Waals surface area contributed by atoms with Gasteiger partial charge in [0.1, 0.15) is 5.01 Å². The van der Waals surface area contributed by atoms with Crippen molar-refractivity contribution in [3.63, 3.8) is 0 Å². The average molecular weight is 190 g/mol. The zero-order chi connectivity index (χ0) is 8.89. The van der Waals surface area contributed by atoms with E-state index in [1.807, 2.05) is 11.6 Å². The van der Waals surface area contributed by atoms with Gasteiger partial charge in [-0.1, -0.05) is 12.2 Å². The number of aromatic nitrogens is 1. The lowest BCUT2D eigenvalue weighted by atomic mass is 9.88. The van der Waals surface area contributed by atoms with Gasteiger partial charge in [0.2, 0.25) is 0 Å². The van der Waals surface area contributed by atoms with Gasteiger partial charge in [-0.05, 0) is 6.42 Å². The highest BCUT2D eigenvalue weighted by molar-refractivity contribution is 7.09. The molecule has 2 atom stereocenters. The molecule has 1 N–H and O–H groups in total. The van der Waals surface area contributed by atoms with Crippen molar-refractivity contribution in [2.75, 3.05) is 0 Å². The molecule has 1 aromatic heterocycles. The molecule has 1 fully saturated rings. The monoisotopic (exact) mass is 190 g/mol. The van der Waals surface area contributed by atoms with Crippen LogP contribution in [0.3, 0.4) is 0 Å². The van der Waals surface area contributed by atoms with E-state index in [4.69, 9.17) is 5.41 Å². The van der Waals surface area contributed by atoms with E-state index in [1.165, 1.54) is 5.01 Å². The Morgan fingerprint density at radius 2 is 2.54 bits per heavy atom. The van der Waals surface area contributed by atoms with Crippen molar-refractivity contribution in [3.05, 3.63) is 28.7 Å². The lowest BCUT2D eigenvalue weighted by molar-refractivity contribution is 0.569. The van der Waals surface area contributed by atoms with Crippen molar-refractivity contribution in [3.8, 4) is 0 Å². The summed E-state index contributed by atoms with van der Waals surface area (Å²) in [6.07, 6.45) is 8.26. The van der Waals surface area contributed by atoms with Gasteiger partial charge in [0, 0.05) is 35.0 Å². The van der Waals surface area contributed by atoms with Crippen LogP contribution < -0.4 is 0 Å². The van der Waals surface area contributed by atoms with Gasteiger partial charge in [-0.25, -0.2) is 4.98 Å². The summed E-state index contributed by atoms with van der Waals surface area (Å²) in [5, 5.41) is 11.0. The smallest absolute Gasteiger partial charge is 0.103 e. The molecule has 0 radical (unpaired) electrons. The molecule has 2 nitrogen and oxygen atoms in total. The third-order valence-corrected chi connectivity index (χ3v) is 4.04. The maximum atomic E-state index is 7.79. The fourth-order valence-corrected chi connectivity index (χ4v) is 3.20. The van der Waals surface area contributed by atoms with Gasteiger partial charge < -0.3 is 5.41 Å². The predicted octanol–water partition coefficient (Wildman–Crippen LogP) is 2.38. The van der Waals surface area contributed by atoms with Crippen molar-refractivity contribution < 1.29 is 0 Å². The van der Waals surface area contributed by atoms with E-state index < -0.39 is 0 Å². The third-order valence-electron chi connectivity index (χ3n) is 3.04. The molecule has 0 spiro atoms. The van der Waals surface area contributed by atoms with Gasteiger partial charge in [0.05, 0.1) is 0 Å². The summed E-state index contributed by atoms with van der Waals surface area (Å²) < 4.78 is 0. The minimum Gasteiger partial charge on any atom is -0.309 e. The van der Waals surface area contributed by atoms with Gasteiger partial charge in [0.25, 0.3) is 0 Å². The fourth-order valence-electron chi connectivity index (χ4n) is 2.37. The average Bonchev–Trinajstić information content (AvgIpc) is 2.77. The molecule has 2 unspecified atom stereocenters. The van der Waals surface area contributed by atoms with Gasteiger partial charge in [0.15, 0.2) is 0 Å². The molecule has 1 heterocycles. The van der Waals surface area contributed by atoms with Crippen LogP contribution in [0.2, 0.25) is 0 Å². The highest BCUT2D eigenvalue weighted by atomic mass is 32.1. The predicted molar refractivity (Wildman–Crippen MR) is 53.4 cm³/mol. The summed E-state index contributed by atoms with van der Waals surface area (Å²) in [7, 11) is 0. The highest BCUT2D eigenvalue weighted by Crippen LogP contribution is 2.49. The quantitative estimate of drug-likeness (QED) is 0.678. The Morgan fingerprint density at radius 3 is 3.08 bits per heavy atom. The first-order chi connectivity index (χ1) is 6.30. The molecule has 3 rings (SSSR count). The van der Waals surface area contributed by atoms with Crippen LogP contribution in [0.15, 0.2) is 23.7 Å². The number of rotatable bonds is 1. The van der Waals surface area contributed by atoms with Crippen molar-refractivity contribution in [1.29, 1.82) is 5.41 Å². The van der Waals surface area contributed by atoms with Gasteiger partial charge in [-0.2, -0.15) is 0 Å². The van der Waals surface area contributed by atoms with Crippen molar-refractivity contribution >= 4 is 17.0 Å². The molecule has 0 aromatic carbocycles. The lowest BCUT2D eigenvalue weighted by Crippen LogP contribution is -2.18. The topological polar surface area (TPSA) is 36.7 Å². The number of hydrogen-bond donors (Lipinski definition) is 1. The molecule has 2 aliphatic rings. The van der Waals surface area contributed by atoms with Crippen LogP contribution in [0.4, 0.5) is 0 Å². The maximum Gasteiger partial charge on any atom is 0.103 e. The van der Waals surface area contributed by atoms with Crippen molar-refractivity contribution in [1.82, 2.24) is 4.98 Å². The van der Waals surface area contributed by atoms with E-state index in [9.17, 15) is 0 Å². The molecular formula is C10H10N2S. The van der Waals surface area contributed by atoms with Crippen LogP contribution in [0.25, 0.3) is 0 Å². The molecule has 1 aromatic rings. The van der Waals surface area contributed by atoms with E-state index in [1.54, 1.807) is 11.3 Å². The normalized spacial score (nSPS) is 36.0. The van der Waals surface area contributed by atoms with Crippen LogP contribution >= 0.6 is 11.3 Å². The molecule has 0 amide bonds. The Kier molecular flexibility index (Phi) is 1.31. The molecule has 66 valence electrons. The second kappa shape index (κ2) is 2.29. The minimum absolute atomic E-state index is 0.107. The molecule has 3 heteroatoms. The standard InChI is InChI=1S/C10H10N2S/c11-8-6-10(2-1-7(8)5-10)9-12-3-4-13-9/h1-4,7,11H,5-6H2. The van der Waals surface area contributed by atoms with Gasteiger partial charge in [-0.3, -0.25) is 0 Å². The van der Waals surface area contributed by atoms with Gasteiger partial charge >= 0.3 is 0 Å². The Morgan fingerprint density at radius 1 is 1.62 bits per heavy atom. The molecule has 2 aliphatic carbocycles. The molecular weight excluding hydrogens is 180 g/mol. The van der Waals surface area contributed by atoms with E-state index in [0.717, 1.165) is 18.6 Å². The molecule has 13 heavy (non-hydrogen) atoms. The number of nitrogens with one attached hydrogen (secondary N) is 1. The Bertz CT molecular complexity index is 380. The Balaban J connectivity index is 2.09. The zero-order valence-electron chi connectivity index (χ0n) is 7.16. The molecule has 2 bridgehead atoms. The highest BCUT2D eigenvalue weighted by Gasteiger charge is 2.46. The van der Waals surface area contributed by atoms with Gasteiger partial charge in [-0.15, -0.1) is 11.3 Å². The second-order valence-electron chi connectivity index (χ2n) is 3.87. The van der Waals surface area contributed by atoms with Crippen LogP contribution in [0.5, 0.6) is 0 Å². The minimum atomic E-state index is 0.107. The summed E-state index contributed by atoms with van der Waals surface area (Å²) in [5.41, 5.74) is 0.994. The number of nitrogens with zero attached hydrogens (tertiary/aromatic N) is 1. The number of hydrogen-bond acceptors (Lipinski definition) is 3. The third kappa shape index (κ3) is 0.879. The first kappa shape index (κ1) is 7.44. The summed E-state index contributed by atoms with van der Waals surface area (Å²) in [6.45, 7) is 0. The van der Waals surface area contributed by atoms with Crippen LogP contribution in [0.1, 0.15) is 17.8 Å². The Hall–Kier alpha value is -0.960. The number of allylic oxidation sites excluding steroid dienone is 2. The molecule has 1 saturated carbocycles. The van der Waals surface area contributed by atoms with Crippen LogP contribution in [0, 0.1) is 11.3 Å². The second-order valence-corrected chi connectivity index (χ2v) is 4.76. The summed E-state index contributed by atoms with van der Waals surface area (Å²) in [4.78, 5) is 4.37. The fraction of sp³-hybridized carbons (Fsp3) is 0.400. The van der Waals surface area contributed by atoms with Crippen LogP contribution in [-0.4, -0.2) is 10.7 Å². The first-order valence-electron chi connectivity index (χ1n) is 4.47. The van der Waals surface area contributed by atoms with E-state index in [0.29, 0.717) is 5.92 Å². The molecule has 0 saturated heterocycles. The zero-order valence-corrected chi connectivity index (χ0v) is 7.97. The van der Waals surface area contributed by atoms with E-state index in [2.05, 4.69) is 17.1 Å². The maximum absolute atomic E-state index is 7.79. The van der Waals surface area contributed by atoms with Crippen LogP contribution in [-0.2, 0) is 5.41 Å². The first-order valence-corrected chi connectivity index (χ1v) is 5.35. The van der Waals surface area contributed by atoms with Crippen molar-refractivity contribution in [2.45, 2.75) is 18.3 Å².